The first-order valence-corrected chi connectivity index (χ1v) is 7.44. The number of pyridine rings is 1. The first-order valence-electron chi connectivity index (χ1n) is 7.44. The predicted molar refractivity (Wildman–Crippen MR) is 79.5 cm³/mol. The van der Waals surface area contributed by atoms with Crippen molar-refractivity contribution in [3.63, 3.8) is 0 Å². The van der Waals surface area contributed by atoms with Gasteiger partial charge in [-0.15, -0.1) is 0 Å². The second-order valence-corrected chi connectivity index (χ2v) is 5.62. The van der Waals surface area contributed by atoms with Crippen LogP contribution < -0.4 is 5.32 Å². The van der Waals surface area contributed by atoms with E-state index in [1.54, 1.807) is 6.20 Å². The lowest BCUT2D eigenvalue weighted by atomic mass is 9.98. The van der Waals surface area contributed by atoms with Gasteiger partial charge in [-0.3, -0.25) is 9.88 Å². The normalized spacial score (nSPS) is 16.5. The standard InChI is InChI=1S/C15H21N5O/c1-20(10-12-5-8-16-9-6-12)11-14-18-15(19-21-14)13-4-2-3-7-17-13/h2-4,7,12,16H,5-6,8-11H2,1H3. The molecular formula is C15H21N5O. The van der Waals surface area contributed by atoms with Crippen molar-refractivity contribution >= 4 is 0 Å². The van der Waals surface area contributed by atoms with E-state index in [0.29, 0.717) is 18.3 Å². The molecule has 0 aromatic carbocycles. The second kappa shape index (κ2) is 6.78. The summed E-state index contributed by atoms with van der Waals surface area (Å²) in [7, 11) is 2.10. The van der Waals surface area contributed by atoms with E-state index in [1.807, 2.05) is 18.2 Å². The van der Waals surface area contributed by atoms with Gasteiger partial charge in [0.25, 0.3) is 0 Å². The zero-order valence-electron chi connectivity index (χ0n) is 12.3. The van der Waals surface area contributed by atoms with Gasteiger partial charge in [0, 0.05) is 12.7 Å². The zero-order valence-corrected chi connectivity index (χ0v) is 12.3. The lowest BCUT2D eigenvalue weighted by Gasteiger charge is -2.26. The Morgan fingerprint density at radius 2 is 2.19 bits per heavy atom. The van der Waals surface area contributed by atoms with E-state index in [4.69, 9.17) is 4.52 Å². The van der Waals surface area contributed by atoms with Gasteiger partial charge in [-0.25, -0.2) is 0 Å². The van der Waals surface area contributed by atoms with Crippen LogP contribution >= 0.6 is 0 Å². The Hall–Kier alpha value is -1.79. The smallest absolute Gasteiger partial charge is 0.241 e. The van der Waals surface area contributed by atoms with Crippen LogP contribution in [0.4, 0.5) is 0 Å². The topological polar surface area (TPSA) is 67.1 Å². The Morgan fingerprint density at radius 3 is 2.95 bits per heavy atom. The van der Waals surface area contributed by atoms with E-state index < -0.39 is 0 Å². The van der Waals surface area contributed by atoms with E-state index in [0.717, 1.165) is 31.2 Å². The van der Waals surface area contributed by atoms with Crippen molar-refractivity contribution in [2.45, 2.75) is 19.4 Å². The lowest BCUT2D eigenvalue weighted by molar-refractivity contribution is 0.210. The SMILES string of the molecule is CN(Cc1nc(-c2ccccn2)no1)CC1CCNCC1. The van der Waals surface area contributed by atoms with Gasteiger partial charge < -0.3 is 9.84 Å². The first kappa shape index (κ1) is 14.2. The fraction of sp³-hybridized carbons (Fsp3) is 0.533. The molecule has 6 heteroatoms. The maximum absolute atomic E-state index is 5.32. The average molecular weight is 287 g/mol. The molecule has 2 aromatic heterocycles. The summed E-state index contributed by atoms with van der Waals surface area (Å²) < 4.78 is 5.32. The summed E-state index contributed by atoms with van der Waals surface area (Å²) in [5.74, 6) is 1.96. The molecular weight excluding hydrogens is 266 g/mol. The van der Waals surface area contributed by atoms with Gasteiger partial charge in [-0.1, -0.05) is 11.2 Å². The number of hydrogen-bond donors (Lipinski definition) is 1. The maximum atomic E-state index is 5.32. The van der Waals surface area contributed by atoms with Crippen molar-refractivity contribution in [2.24, 2.45) is 5.92 Å². The molecule has 6 nitrogen and oxygen atoms in total. The second-order valence-electron chi connectivity index (χ2n) is 5.62. The van der Waals surface area contributed by atoms with E-state index in [9.17, 15) is 0 Å². The summed E-state index contributed by atoms with van der Waals surface area (Å²) in [4.78, 5) is 10.9. The predicted octanol–water partition coefficient (Wildman–Crippen LogP) is 1.56. The zero-order chi connectivity index (χ0) is 14.5. The average Bonchev–Trinajstić information content (AvgIpc) is 2.97. The molecule has 3 heterocycles. The van der Waals surface area contributed by atoms with Gasteiger partial charge in [0.1, 0.15) is 5.69 Å². The molecule has 112 valence electrons. The van der Waals surface area contributed by atoms with Crippen molar-refractivity contribution in [2.75, 3.05) is 26.7 Å². The Kier molecular flexibility index (Phi) is 4.57. The van der Waals surface area contributed by atoms with Crippen molar-refractivity contribution in [3.8, 4) is 11.5 Å². The molecule has 1 N–H and O–H groups in total. The number of aromatic nitrogens is 3. The molecule has 0 aliphatic carbocycles. The van der Waals surface area contributed by atoms with Gasteiger partial charge in [-0.05, 0) is 51.0 Å². The van der Waals surface area contributed by atoms with Crippen molar-refractivity contribution in [1.82, 2.24) is 25.3 Å². The Labute approximate surface area is 124 Å². The number of nitrogens with zero attached hydrogens (tertiary/aromatic N) is 4. The third kappa shape index (κ3) is 3.86. The molecule has 0 radical (unpaired) electrons. The highest BCUT2D eigenvalue weighted by Crippen LogP contribution is 2.15. The van der Waals surface area contributed by atoms with Gasteiger partial charge >= 0.3 is 0 Å². The fourth-order valence-corrected chi connectivity index (χ4v) is 2.72. The lowest BCUT2D eigenvalue weighted by Crippen LogP contribution is -2.34. The van der Waals surface area contributed by atoms with Gasteiger partial charge in [0.2, 0.25) is 11.7 Å². The van der Waals surface area contributed by atoms with Crippen LogP contribution in [0.3, 0.4) is 0 Å². The molecule has 21 heavy (non-hydrogen) atoms. The maximum Gasteiger partial charge on any atom is 0.241 e. The number of nitrogens with one attached hydrogen (secondary N) is 1. The minimum Gasteiger partial charge on any atom is -0.337 e. The third-order valence-electron chi connectivity index (χ3n) is 3.80. The van der Waals surface area contributed by atoms with E-state index in [1.165, 1.54) is 12.8 Å². The summed E-state index contributed by atoms with van der Waals surface area (Å²) in [5, 5.41) is 7.39. The highest BCUT2D eigenvalue weighted by atomic mass is 16.5. The van der Waals surface area contributed by atoms with Crippen LogP contribution in [0.2, 0.25) is 0 Å². The molecule has 3 rings (SSSR count). The Balaban J connectivity index is 1.56. The minimum atomic E-state index is 0.556. The molecule has 0 atom stereocenters. The quantitative estimate of drug-likeness (QED) is 0.900. The van der Waals surface area contributed by atoms with Crippen molar-refractivity contribution in [3.05, 3.63) is 30.3 Å². The van der Waals surface area contributed by atoms with E-state index in [2.05, 4.69) is 32.4 Å². The minimum absolute atomic E-state index is 0.556. The van der Waals surface area contributed by atoms with Gasteiger partial charge in [-0.2, -0.15) is 4.98 Å². The molecule has 1 saturated heterocycles. The van der Waals surface area contributed by atoms with Gasteiger partial charge in [0.15, 0.2) is 0 Å². The molecule has 1 fully saturated rings. The Morgan fingerprint density at radius 1 is 1.33 bits per heavy atom. The van der Waals surface area contributed by atoms with Crippen LogP contribution in [0, 0.1) is 5.92 Å². The van der Waals surface area contributed by atoms with Crippen LogP contribution in [0.1, 0.15) is 18.7 Å². The van der Waals surface area contributed by atoms with Crippen LogP contribution in [0.15, 0.2) is 28.9 Å². The third-order valence-corrected chi connectivity index (χ3v) is 3.80. The molecule has 0 bridgehead atoms. The van der Waals surface area contributed by atoms with Crippen LogP contribution in [0.5, 0.6) is 0 Å². The van der Waals surface area contributed by atoms with Crippen LogP contribution in [-0.2, 0) is 6.54 Å². The summed E-state index contributed by atoms with van der Waals surface area (Å²) in [6.07, 6.45) is 4.22. The Bertz CT molecular complexity index is 550. The van der Waals surface area contributed by atoms with Crippen molar-refractivity contribution in [1.29, 1.82) is 0 Å². The molecule has 2 aromatic rings. The largest absolute Gasteiger partial charge is 0.337 e. The van der Waals surface area contributed by atoms with Gasteiger partial charge in [0.05, 0.1) is 6.54 Å². The first-order chi connectivity index (χ1) is 10.3. The number of hydrogen-bond acceptors (Lipinski definition) is 6. The summed E-state index contributed by atoms with van der Waals surface area (Å²) >= 11 is 0. The monoisotopic (exact) mass is 287 g/mol. The summed E-state index contributed by atoms with van der Waals surface area (Å²) in [6, 6.07) is 5.67. The number of piperidine rings is 1. The van der Waals surface area contributed by atoms with E-state index in [-0.39, 0.29) is 0 Å². The molecule has 0 saturated carbocycles. The van der Waals surface area contributed by atoms with E-state index >= 15 is 0 Å². The summed E-state index contributed by atoms with van der Waals surface area (Å²) in [6.45, 7) is 4.01. The highest BCUT2D eigenvalue weighted by Gasteiger charge is 2.17. The molecule has 0 spiro atoms. The van der Waals surface area contributed by atoms with Crippen molar-refractivity contribution < 1.29 is 4.52 Å². The molecule has 0 unspecified atom stereocenters. The molecule has 0 amide bonds. The number of rotatable bonds is 5. The summed E-state index contributed by atoms with van der Waals surface area (Å²) in [5.41, 5.74) is 0.744. The van der Waals surface area contributed by atoms with Crippen LogP contribution in [0.25, 0.3) is 11.5 Å². The fourth-order valence-electron chi connectivity index (χ4n) is 2.72. The molecule has 1 aliphatic heterocycles. The molecule has 1 aliphatic rings. The highest BCUT2D eigenvalue weighted by molar-refractivity contribution is 5.46. The van der Waals surface area contributed by atoms with Crippen LogP contribution in [-0.4, -0.2) is 46.7 Å².